The molecule has 1 nitrogen and oxygen atoms in total. The van der Waals surface area contributed by atoms with Crippen LogP contribution >= 0.6 is 0 Å². The molecule has 1 saturated carbocycles. The van der Waals surface area contributed by atoms with E-state index in [0.29, 0.717) is 5.41 Å². The van der Waals surface area contributed by atoms with Crippen molar-refractivity contribution < 1.29 is 0 Å². The van der Waals surface area contributed by atoms with Gasteiger partial charge in [-0.05, 0) is 25.3 Å². The zero-order valence-electron chi connectivity index (χ0n) is 9.37. The van der Waals surface area contributed by atoms with Gasteiger partial charge in [0.25, 0.3) is 0 Å². The van der Waals surface area contributed by atoms with Crippen molar-refractivity contribution in [3.05, 3.63) is 41.5 Å². The topological polar surface area (TPSA) is 26.0 Å². The van der Waals surface area contributed by atoms with Gasteiger partial charge in [-0.3, -0.25) is 0 Å². The van der Waals surface area contributed by atoms with E-state index in [9.17, 15) is 0 Å². The van der Waals surface area contributed by atoms with E-state index in [2.05, 4.69) is 43.3 Å². The van der Waals surface area contributed by atoms with E-state index in [0.717, 1.165) is 6.54 Å². The van der Waals surface area contributed by atoms with Gasteiger partial charge in [0.2, 0.25) is 0 Å². The van der Waals surface area contributed by atoms with E-state index in [1.54, 1.807) is 0 Å². The summed E-state index contributed by atoms with van der Waals surface area (Å²) in [6.07, 6.45) is 6.14. The second-order valence-corrected chi connectivity index (χ2v) is 4.58. The summed E-state index contributed by atoms with van der Waals surface area (Å²) in [4.78, 5) is 0. The molecule has 2 rings (SSSR count). The minimum atomic E-state index is 0.315. The van der Waals surface area contributed by atoms with Crippen molar-refractivity contribution in [1.82, 2.24) is 0 Å². The fraction of sp³-hybridized carbons (Fsp3) is 0.429. The van der Waals surface area contributed by atoms with Crippen molar-refractivity contribution in [2.45, 2.75) is 26.2 Å². The number of hydrogen-bond acceptors (Lipinski definition) is 1. The van der Waals surface area contributed by atoms with E-state index in [-0.39, 0.29) is 0 Å². The summed E-state index contributed by atoms with van der Waals surface area (Å²) in [7, 11) is 0. The monoisotopic (exact) mass is 201 g/mol. The molecule has 0 atom stereocenters. The number of nitrogens with two attached hydrogens (primary N) is 1. The van der Waals surface area contributed by atoms with Crippen LogP contribution in [0, 0.1) is 5.41 Å². The largest absolute Gasteiger partial charge is 0.330 e. The summed E-state index contributed by atoms with van der Waals surface area (Å²) in [6, 6.07) is 10.5. The number of hydrogen-bond donors (Lipinski definition) is 1. The molecule has 2 N–H and O–H groups in total. The molecule has 0 aliphatic heterocycles. The molecule has 1 aliphatic carbocycles. The van der Waals surface area contributed by atoms with Crippen molar-refractivity contribution in [3.8, 4) is 0 Å². The maximum absolute atomic E-state index is 5.88. The molecular weight excluding hydrogens is 182 g/mol. The van der Waals surface area contributed by atoms with E-state index in [4.69, 9.17) is 5.73 Å². The highest BCUT2D eigenvalue weighted by atomic mass is 14.6. The molecule has 0 heterocycles. The predicted molar refractivity (Wildman–Crippen MR) is 65.4 cm³/mol. The first-order valence-electron chi connectivity index (χ1n) is 5.71. The van der Waals surface area contributed by atoms with Crippen LogP contribution in [0.1, 0.15) is 31.7 Å². The lowest BCUT2D eigenvalue weighted by atomic mass is 9.64. The Balaban J connectivity index is 2.20. The van der Waals surface area contributed by atoms with Crippen molar-refractivity contribution in [2.24, 2.45) is 11.1 Å². The van der Waals surface area contributed by atoms with Gasteiger partial charge in [-0.2, -0.15) is 0 Å². The van der Waals surface area contributed by atoms with Gasteiger partial charge in [-0.15, -0.1) is 0 Å². The Labute approximate surface area is 92.0 Å². The third-order valence-electron chi connectivity index (χ3n) is 3.72. The third-order valence-corrected chi connectivity index (χ3v) is 3.72. The van der Waals surface area contributed by atoms with Gasteiger partial charge in [-0.1, -0.05) is 48.4 Å². The van der Waals surface area contributed by atoms with Crippen LogP contribution in [0.25, 0.3) is 6.08 Å². The van der Waals surface area contributed by atoms with Crippen LogP contribution in [-0.2, 0) is 0 Å². The zero-order valence-corrected chi connectivity index (χ0v) is 9.37. The molecule has 1 aromatic carbocycles. The van der Waals surface area contributed by atoms with Crippen LogP contribution in [0.2, 0.25) is 0 Å². The Hall–Kier alpha value is -1.08. The maximum atomic E-state index is 5.88. The van der Waals surface area contributed by atoms with Crippen LogP contribution in [0.3, 0.4) is 0 Å². The van der Waals surface area contributed by atoms with Gasteiger partial charge >= 0.3 is 0 Å². The SMILES string of the molecule is C/C(=C\c1ccccc1)C1(CN)CCC1. The Morgan fingerprint density at radius 1 is 1.33 bits per heavy atom. The molecule has 1 aliphatic rings. The molecule has 1 fully saturated rings. The molecule has 0 spiro atoms. The molecule has 0 aromatic heterocycles. The van der Waals surface area contributed by atoms with Crippen LogP contribution in [0.15, 0.2) is 35.9 Å². The molecule has 15 heavy (non-hydrogen) atoms. The van der Waals surface area contributed by atoms with Crippen LogP contribution < -0.4 is 5.73 Å². The third kappa shape index (κ3) is 1.98. The highest BCUT2D eigenvalue weighted by Gasteiger charge is 2.36. The molecular formula is C14H19N. The first-order chi connectivity index (χ1) is 7.27. The fourth-order valence-electron chi connectivity index (χ4n) is 2.32. The summed E-state index contributed by atoms with van der Waals surface area (Å²) >= 11 is 0. The molecule has 1 heteroatoms. The van der Waals surface area contributed by atoms with E-state index in [1.807, 2.05) is 0 Å². The summed E-state index contributed by atoms with van der Waals surface area (Å²) in [5.41, 5.74) is 8.93. The molecule has 0 unspecified atom stereocenters. The Morgan fingerprint density at radius 3 is 2.47 bits per heavy atom. The second kappa shape index (κ2) is 4.19. The molecule has 0 amide bonds. The highest BCUT2D eigenvalue weighted by Crippen LogP contribution is 2.46. The predicted octanol–water partition coefficient (Wildman–Crippen LogP) is 3.22. The summed E-state index contributed by atoms with van der Waals surface area (Å²) < 4.78 is 0. The van der Waals surface area contributed by atoms with Crippen molar-refractivity contribution in [3.63, 3.8) is 0 Å². The Morgan fingerprint density at radius 2 is 2.00 bits per heavy atom. The van der Waals surface area contributed by atoms with E-state index >= 15 is 0 Å². The first-order valence-corrected chi connectivity index (χ1v) is 5.71. The van der Waals surface area contributed by atoms with Gasteiger partial charge < -0.3 is 5.73 Å². The number of benzene rings is 1. The average Bonchev–Trinajstić information content (AvgIpc) is 2.18. The first kappa shape index (κ1) is 10.4. The Bertz CT molecular complexity index is 341. The van der Waals surface area contributed by atoms with Crippen molar-refractivity contribution in [2.75, 3.05) is 6.54 Å². The number of rotatable bonds is 3. The van der Waals surface area contributed by atoms with Crippen molar-refractivity contribution in [1.29, 1.82) is 0 Å². The summed E-state index contributed by atoms with van der Waals surface area (Å²) in [6.45, 7) is 3.02. The zero-order chi connectivity index (χ0) is 10.7. The summed E-state index contributed by atoms with van der Waals surface area (Å²) in [5.74, 6) is 0. The van der Waals surface area contributed by atoms with Crippen LogP contribution in [0.4, 0.5) is 0 Å². The maximum Gasteiger partial charge on any atom is 0.00350 e. The van der Waals surface area contributed by atoms with Crippen LogP contribution in [0.5, 0.6) is 0 Å². The average molecular weight is 201 g/mol. The van der Waals surface area contributed by atoms with Gasteiger partial charge in [-0.25, -0.2) is 0 Å². The molecule has 0 radical (unpaired) electrons. The minimum absolute atomic E-state index is 0.315. The Kier molecular flexibility index (Phi) is 2.92. The van der Waals surface area contributed by atoms with Gasteiger partial charge in [0.05, 0.1) is 0 Å². The normalized spacial score (nSPS) is 19.7. The molecule has 0 saturated heterocycles. The van der Waals surface area contributed by atoms with Crippen LogP contribution in [-0.4, -0.2) is 6.54 Å². The van der Waals surface area contributed by atoms with Crippen molar-refractivity contribution >= 4 is 6.08 Å². The lowest BCUT2D eigenvalue weighted by Crippen LogP contribution is -2.38. The van der Waals surface area contributed by atoms with Gasteiger partial charge in [0.1, 0.15) is 0 Å². The highest BCUT2D eigenvalue weighted by molar-refractivity contribution is 5.54. The standard InChI is InChI=1S/C14H19N/c1-12(14(11-15)8-5-9-14)10-13-6-3-2-4-7-13/h2-4,6-7,10H,5,8-9,11,15H2,1H3/b12-10+. The lowest BCUT2D eigenvalue weighted by molar-refractivity contribution is 0.198. The van der Waals surface area contributed by atoms with E-state index < -0.39 is 0 Å². The minimum Gasteiger partial charge on any atom is -0.330 e. The van der Waals surface area contributed by atoms with Gasteiger partial charge in [0, 0.05) is 12.0 Å². The lowest BCUT2D eigenvalue weighted by Gasteiger charge is -2.42. The second-order valence-electron chi connectivity index (χ2n) is 4.58. The molecule has 80 valence electrons. The quantitative estimate of drug-likeness (QED) is 0.798. The van der Waals surface area contributed by atoms with Gasteiger partial charge in [0.15, 0.2) is 0 Å². The van der Waals surface area contributed by atoms with E-state index in [1.165, 1.54) is 30.4 Å². The smallest absolute Gasteiger partial charge is 0.00350 e. The summed E-state index contributed by atoms with van der Waals surface area (Å²) in [5, 5.41) is 0. The molecule has 1 aromatic rings. The molecule has 0 bridgehead atoms. The fourth-order valence-corrected chi connectivity index (χ4v) is 2.32.